The molecule has 0 aromatic heterocycles. The van der Waals surface area contributed by atoms with Gasteiger partial charge >= 0.3 is 0 Å². The van der Waals surface area contributed by atoms with E-state index in [1.54, 1.807) is 0 Å². The van der Waals surface area contributed by atoms with Crippen LogP contribution in [0.15, 0.2) is 0 Å². The minimum absolute atomic E-state index is 1.02. The van der Waals surface area contributed by atoms with Crippen molar-refractivity contribution < 1.29 is 0 Å². The van der Waals surface area contributed by atoms with Crippen LogP contribution in [0, 0.1) is 11.8 Å². The summed E-state index contributed by atoms with van der Waals surface area (Å²) in [4.78, 5) is 0. The van der Waals surface area contributed by atoms with Crippen molar-refractivity contribution in [3.05, 3.63) is 0 Å². The minimum atomic E-state index is 1.02. The van der Waals surface area contributed by atoms with Crippen molar-refractivity contribution in [1.29, 1.82) is 0 Å². The van der Waals surface area contributed by atoms with Crippen LogP contribution in [-0.2, 0) is 0 Å². The van der Waals surface area contributed by atoms with Gasteiger partial charge in [-0.25, -0.2) is 0 Å². The van der Waals surface area contributed by atoms with Crippen LogP contribution in [0.2, 0.25) is 0 Å². The zero-order valence-corrected chi connectivity index (χ0v) is 8.69. The molecule has 11 heavy (non-hydrogen) atoms. The Morgan fingerprint density at radius 2 is 1.64 bits per heavy atom. The molecule has 68 valence electrons. The lowest BCUT2D eigenvalue weighted by Gasteiger charge is -2.27. The van der Waals surface area contributed by atoms with E-state index in [2.05, 4.69) is 13.8 Å². The van der Waals surface area contributed by atoms with Crippen molar-refractivity contribution in [1.82, 2.24) is 0 Å². The molecule has 1 rings (SSSR count). The van der Waals surface area contributed by atoms with Gasteiger partial charge in [0.25, 0.3) is 0 Å². The quantitative estimate of drug-likeness (QED) is 0.532. The maximum atomic E-state index is 2.41. The van der Waals surface area contributed by atoms with Crippen molar-refractivity contribution in [2.24, 2.45) is 11.8 Å². The Morgan fingerprint density at radius 1 is 1.09 bits per heavy atom. The van der Waals surface area contributed by atoms with Crippen molar-refractivity contribution in [2.75, 3.05) is 0 Å². The van der Waals surface area contributed by atoms with E-state index < -0.39 is 0 Å². The number of rotatable bonds is 1. The molecule has 0 aromatic rings. The van der Waals surface area contributed by atoms with E-state index in [9.17, 15) is 0 Å². The van der Waals surface area contributed by atoms with Gasteiger partial charge in [0.2, 0.25) is 0 Å². The Bertz CT molecular complexity index is 76.1. The first-order valence-electron chi connectivity index (χ1n) is 5.34. The van der Waals surface area contributed by atoms with Gasteiger partial charge in [0.15, 0.2) is 0 Å². The molecule has 0 spiro atoms. The van der Waals surface area contributed by atoms with Crippen LogP contribution in [0.5, 0.6) is 0 Å². The summed E-state index contributed by atoms with van der Waals surface area (Å²) in [5.41, 5.74) is 0. The highest BCUT2D eigenvalue weighted by molar-refractivity contribution is 4.70. The summed E-state index contributed by atoms with van der Waals surface area (Å²) in [6, 6.07) is 0. The van der Waals surface area contributed by atoms with E-state index >= 15 is 0 Å². The molecule has 0 aromatic carbocycles. The third-order valence-corrected chi connectivity index (χ3v) is 2.81. The molecule has 1 aliphatic rings. The van der Waals surface area contributed by atoms with Crippen LogP contribution in [-0.4, -0.2) is 0 Å². The smallest absolute Gasteiger partial charge is 0.0391 e. The summed E-state index contributed by atoms with van der Waals surface area (Å²) in [7, 11) is 0. The topological polar surface area (TPSA) is 0 Å². The molecule has 0 radical (unpaired) electrons. The fourth-order valence-electron chi connectivity index (χ4n) is 2.00. The van der Waals surface area contributed by atoms with E-state index in [4.69, 9.17) is 0 Å². The van der Waals surface area contributed by atoms with Gasteiger partial charge in [0.05, 0.1) is 0 Å². The van der Waals surface area contributed by atoms with Crippen molar-refractivity contribution >= 4 is 0 Å². The lowest BCUT2D eigenvalue weighted by atomic mass is 9.79. The Kier molecular flexibility index (Phi) is 6.69. The van der Waals surface area contributed by atoms with Crippen LogP contribution in [0.4, 0.5) is 0 Å². The maximum absolute atomic E-state index is 2.41. The van der Waals surface area contributed by atoms with E-state index in [1.807, 2.05) is 13.8 Å². The zero-order valence-electron chi connectivity index (χ0n) is 8.69. The molecule has 1 aliphatic carbocycles. The van der Waals surface area contributed by atoms with Crippen molar-refractivity contribution in [2.45, 2.75) is 59.8 Å². The monoisotopic (exact) mass is 156 g/mol. The van der Waals surface area contributed by atoms with Gasteiger partial charge in [-0.2, -0.15) is 0 Å². The Morgan fingerprint density at radius 3 is 2.00 bits per heavy atom. The second-order valence-electron chi connectivity index (χ2n) is 3.43. The average molecular weight is 156 g/mol. The lowest BCUT2D eigenvalue weighted by molar-refractivity contribution is 0.249. The molecule has 0 nitrogen and oxygen atoms in total. The molecular weight excluding hydrogens is 132 g/mol. The molecule has 0 heterocycles. The lowest BCUT2D eigenvalue weighted by Crippen LogP contribution is -2.15. The van der Waals surface area contributed by atoms with Crippen LogP contribution in [0.3, 0.4) is 0 Å². The standard InChI is InChI=1S/C9H18.C2H6/c1-3-9-7-5-4-6-8(9)2;1-2/h8-9H,3-7H2,1-2H3;1-2H3/t8-,9+;/m1./s1. The third-order valence-electron chi connectivity index (χ3n) is 2.81. The first-order chi connectivity index (χ1) is 5.34. The molecule has 0 N–H and O–H groups in total. The first kappa shape index (κ1) is 11.0. The summed E-state index contributed by atoms with van der Waals surface area (Å²) in [6.45, 7) is 8.74. The largest absolute Gasteiger partial charge is 0.0683 e. The summed E-state index contributed by atoms with van der Waals surface area (Å²) >= 11 is 0. The fourth-order valence-corrected chi connectivity index (χ4v) is 2.00. The van der Waals surface area contributed by atoms with Gasteiger partial charge < -0.3 is 0 Å². The van der Waals surface area contributed by atoms with E-state index in [0.717, 1.165) is 11.8 Å². The molecule has 0 saturated heterocycles. The highest BCUT2D eigenvalue weighted by Gasteiger charge is 2.18. The SMILES string of the molecule is CC.CC[C@H]1CCCC[C@H]1C. The number of hydrogen-bond acceptors (Lipinski definition) is 0. The molecule has 0 unspecified atom stereocenters. The summed E-state index contributed by atoms with van der Waals surface area (Å²) in [6.07, 6.45) is 7.36. The molecule has 0 heteroatoms. The van der Waals surface area contributed by atoms with Crippen LogP contribution in [0.1, 0.15) is 59.8 Å². The predicted molar refractivity (Wildman–Crippen MR) is 52.8 cm³/mol. The van der Waals surface area contributed by atoms with Gasteiger partial charge in [0, 0.05) is 0 Å². The second-order valence-corrected chi connectivity index (χ2v) is 3.43. The van der Waals surface area contributed by atoms with Gasteiger partial charge in [0.1, 0.15) is 0 Å². The highest BCUT2D eigenvalue weighted by Crippen LogP contribution is 2.31. The fraction of sp³-hybridized carbons (Fsp3) is 1.00. The Labute approximate surface area is 72.4 Å². The molecule has 2 atom stereocenters. The number of hydrogen-bond donors (Lipinski definition) is 0. The van der Waals surface area contributed by atoms with Crippen molar-refractivity contribution in [3.8, 4) is 0 Å². The normalized spacial score (nSPS) is 30.5. The van der Waals surface area contributed by atoms with Gasteiger partial charge in [-0.05, 0) is 11.8 Å². The minimum Gasteiger partial charge on any atom is -0.0683 e. The average Bonchev–Trinajstić information content (AvgIpc) is 2.09. The first-order valence-corrected chi connectivity index (χ1v) is 5.34. The molecule has 1 fully saturated rings. The van der Waals surface area contributed by atoms with Crippen LogP contribution >= 0.6 is 0 Å². The van der Waals surface area contributed by atoms with Crippen molar-refractivity contribution in [3.63, 3.8) is 0 Å². The van der Waals surface area contributed by atoms with Gasteiger partial charge in [-0.3, -0.25) is 0 Å². The van der Waals surface area contributed by atoms with E-state index in [1.165, 1.54) is 32.1 Å². The second kappa shape index (κ2) is 6.69. The van der Waals surface area contributed by atoms with Crippen LogP contribution < -0.4 is 0 Å². The zero-order chi connectivity index (χ0) is 8.69. The van der Waals surface area contributed by atoms with Gasteiger partial charge in [-0.15, -0.1) is 0 Å². The molecule has 1 saturated carbocycles. The predicted octanol–water partition coefficient (Wildman–Crippen LogP) is 4.25. The van der Waals surface area contributed by atoms with Crippen LogP contribution in [0.25, 0.3) is 0 Å². The Hall–Kier alpha value is 0. The highest BCUT2D eigenvalue weighted by atomic mass is 14.2. The summed E-state index contributed by atoms with van der Waals surface area (Å²) < 4.78 is 0. The van der Waals surface area contributed by atoms with E-state index in [0.29, 0.717) is 0 Å². The van der Waals surface area contributed by atoms with E-state index in [-0.39, 0.29) is 0 Å². The molecule has 0 bridgehead atoms. The summed E-state index contributed by atoms with van der Waals surface area (Å²) in [5, 5.41) is 0. The summed E-state index contributed by atoms with van der Waals surface area (Å²) in [5.74, 6) is 2.07. The third kappa shape index (κ3) is 3.79. The Balaban J connectivity index is 0.000000461. The molecule has 0 aliphatic heterocycles. The molecule has 0 amide bonds. The van der Waals surface area contributed by atoms with Gasteiger partial charge in [-0.1, -0.05) is 59.8 Å². The maximum Gasteiger partial charge on any atom is -0.0391 e. The molecular formula is C11H24.